The Morgan fingerprint density at radius 3 is 2.18 bits per heavy atom. The van der Waals surface area contributed by atoms with E-state index in [4.69, 9.17) is 0 Å². The maximum Gasteiger partial charge on any atom is 0.436 e. The van der Waals surface area contributed by atoms with Crippen LogP contribution in [-0.2, 0) is 4.74 Å². The summed E-state index contributed by atoms with van der Waals surface area (Å²) in [5.41, 5.74) is -2.56. The zero-order valence-electron chi connectivity index (χ0n) is 9.34. The van der Waals surface area contributed by atoms with Gasteiger partial charge in [-0.05, 0) is 19.1 Å². The maximum atomic E-state index is 12.6. The van der Waals surface area contributed by atoms with Gasteiger partial charge in [0.2, 0.25) is 5.72 Å². The fourth-order valence-electron chi connectivity index (χ4n) is 1.12. The molecule has 0 fully saturated rings. The average molecular weight is 247 g/mol. The second-order valence-corrected chi connectivity index (χ2v) is 3.56. The molecule has 1 N–H and O–H groups in total. The summed E-state index contributed by atoms with van der Waals surface area (Å²) in [4.78, 5) is 11.6. The summed E-state index contributed by atoms with van der Waals surface area (Å²) < 4.78 is 42.3. The molecule has 0 aromatic heterocycles. The Kier molecular flexibility index (Phi) is 3.77. The third-order valence-electron chi connectivity index (χ3n) is 2.34. The lowest BCUT2D eigenvalue weighted by atomic mass is 10.1. The molecule has 1 amide bonds. The van der Waals surface area contributed by atoms with Crippen LogP contribution in [0.5, 0.6) is 0 Å². The Morgan fingerprint density at radius 1 is 1.24 bits per heavy atom. The molecule has 17 heavy (non-hydrogen) atoms. The van der Waals surface area contributed by atoms with Gasteiger partial charge < -0.3 is 10.1 Å². The van der Waals surface area contributed by atoms with Crippen molar-refractivity contribution < 1.29 is 22.7 Å². The molecule has 0 spiro atoms. The van der Waals surface area contributed by atoms with Gasteiger partial charge in [-0.2, -0.15) is 13.2 Å². The molecule has 0 heterocycles. The van der Waals surface area contributed by atoms with Crippen molar-refractivity contribution in [2.24, 2.45) is 0 Å². The second kappa shape index (κ2) is 4.75. The summed E-state index contributed by atoms with van der Waals surface area (Å²) in [5, 5.41) is 1.81. The molecular weight excluding hydrogens is 235 g/mol. The van der Waals surface area contributed by atoms with Crippen molar-refractivity contribution in [3.05, 3.63) is 35.9 Å². The summed E-state index contributed by atoms with van der Waals surface area (Å²) in [6.45, 7) is 0.758. The maximum absolute atomic E-state index is 12.6. The minimum Gasteiger partial charge on any atom is -0.351 e. The summed E-state index contributed by atoms with van der Waals surface area (Å²) in [7, 11) is 0.888. The van der Waals surface area contributed by atoms with Crippen LogP contribution < -0.4 is 5.32 Å². The summed E-state index contributed by atoms with van der Waals surface area (Å²) in [5.74, 6) is -0.840. The Bertz CT molecular complexity index is 391. The number of rotatable bonds is 3. The van der Waals surface area contributed by atoms with Crippen LogP contribution in [0.3, 0.4) is 0 Å². The van der Waals surface area contributed by atoms with Gasteiger partial charge in [-0.25, -0.2) is 0 Å². The highest BCUT2D eigenvalue weighted by Crippen LogP contribution is 2.30. The van der Waals surface area contributed by atoms with Crippen LogP contribution in [0.2, 0.25) is 0 Å². The molecule has 1 aromatic carbocycles. The molecule has 6 heteroatoms. The van der Waals surface area contributed by atoms with Crippen LogP contribution in [0.15, 0.2) is 30.3 Å². The van der Waals surface area contributed by atoms with E-state index in [1.165, 1.54) is 12.1 Å². The predicted octanol–water partition coefficient (Wildman–Crippen LogP) is 2.34. The van der Waals surface area contributed by atoms with E-state index >= 15 is 0 Å². The quantitative estimate of drug-likeness (QED) is 0.832. The molecule has 0 radical (unpaired) electrons. The molecule has 1 aromatic rings. The highest BCUT2D eigenvalue weighted by atomic mass is 19.4. The number of carbonyl (C=O) groups excluding carboxylic acids is 1. The van der Waals surface area contributed by atoms with Crippen LogP contribution in [0.4, 0.5) is 13.2 Å². The number of benzene rings is 1. The van der Waals surface area contributed by atoms with Gasteiger partial charge in [0.05, 0.1) is 0 Å². The standard InChI is InChI=1S/C11H12F3NO2/c1-10(17-2,11(12,13)14)15-9(16)8-6-4-3-5-7-8/h3-7H,1-2H3,(H,15,16). The largest absolute Gasteiger partial charge is 0.436 e. The topological polar surface area (TPSA) is 38.3 Å². The Labute approximate surface area is 96.6 Å². The first-order valence-electron chi connectivity index (χ1n) is 4.79. The molecule has 0 aliphatic rings. The third-order valence-corrected chi connectivity index (χ3v) is 2.34. The smallest absolute Gasteiger partial charge is 0.351 e. The summed E-state index contributed by atoms with van der Waals surface area (Å²) in [6.07, 6.45) is -4.69. The number of carbonyl (C=O) groups is 1. The Hall–Kier alpha value is -1.56. The number of amides is 1. The summed E-state index contributed by atoms with van der Waals surface area (Å²) >= 11 is 0. The first-order chi connectivity index (χ1) is 7.80. The lowest BCUT2D eigenvalue weighted by Gasteiger charge is -2.31. The SMILES string of the molecule is COC(C)(NC(=O)c1ccccc1)C(F)(F)F. The van der Waals surface area contributed by atoms with E-state index in [1.54, 1.807) is 18.2 Å². The first-order valence-corrected chi connectivity index (χ1v) is 4.79. The highest BCUT2D eigenvalue weighted by molar-refractivity contribution is 5.94. The number of alkyl halides is 3. The van der Waals surface area contributed by atoms with Crippen molar-refractivity contribution in [2.45, 2.75) is 18.8 Å². The molecule has 1 rings (SSSR count). The fourth-order valence-corrected chi connectivity index (χ4v) is 1.12. The molecule has 0 bridgehead atoms. The number of hydrogen-bond acceptors (Lipinski definition) is 2. The van der Waals surface area contributed by atoms with Crippen LogP contribution >= 0.6 is 0 Å². The zero-order chi connectivity index (χ0) is 13.1. The monoisotopic (exact) mass is 247 g/mol. The van der Waals surface area contributed by atoms with Gasteiger partial charge in [0.15, 0.2) is 0 Å². The summed E-state index contributed by atoms with van der Waals surface area (Å²) in [6, 6.07) is 7.62. The van der Waals surface area contributed by atoms with E-state index in [2.05, 4.69) is 4.74 Å². The van der Waals surface area contributed by atoms with Gasteiger partial charge in [0, 0.05) is 12.7 Å². The lowest BCUT2D eigenvalue weighted by Crippen LogP contribution is -2.57. The molecule has 0 saturated carbocycles. The minimum atomic E-state index is -4.69. The Morgan fingerprint density at radius 2 is 1.76 bits per heavy atom. The predicted molar refractivity (Wildman–Crippen MR) is 55.4 cm³/mol. The van der Waals surface area contributed by atoms with Crippen molar-refractivity contribution in [1.29, 1.82) is 0 Å². The van der Waals surface area contributed by atoms with E-state index in [0.29, 0.717) is 0 Å². The molecular formula is C11H12F3NO2. The van der Waals surface area contributed by atoms with Crippen LogP contribution in [0.1, 0.15) is 17.3 Å². The van der Waals surface area contributed by atoms with Crippen molar-refractivity contribution in [3.63, 3.8) is 0 Å². The Balaban J connectivity index is 2.87. The van der Waals surface area contributed by atoms with Gasteiger partial charge in [-0.1, -0.05) is 18.2 Å². The van der Waals surface area contributed by atoms with Gasteiger partial charge in [0.25, 0.3) is 5.91 Å². The lowest BCUT2D eigenvalue weighted by molar-refractivity contribution is -0.270. The number of halogens is 3. The number of methoxy groups -OCH3 is 1. The van der Waals surface area contributed by atoms with E-state index in [-0.39, 0.29) is 5.56 Å². The van der Waals surface area contributed by atoms with Crippen molar-refractivity contribution in [3.8, 4) is 0 Å². The van der Waals surface area contributed by atoms with E-state index in [9.17, 15) is 18.0 Å². The van der Waals surface area contributed by atoms with Gasteiger partial charge in [-0.15, -0.1) is 0 Å². The van der Waals surface area contributed by atoms with E-state index in [1.807, 2.05) is 5.32 Å². The highest BCUT2D eigenvalue weighted by Gasteiger charge is 2.53. The number of nitrogens with one attached hydrogen (secondary N) is 1. The minimum absolute atomic E-state index is 0.139. The van der Waals surface area contributed by atoms with Crippen molar-refractivity contribution in [1.82, 2.24) is 5.32 Å². The first kappa shape index (κ1) is 13.5. The van der Waals surface area contributed by atoms with Crippen molar-refractivity contribution >= 4 is 5.91 Å². The fraction of sp³-hybridized carbons (Fsp3) is 0.364. The molecule has 1 unspecified atom stereocenters. The van der Waals surface area contributed by atoms with Crippen molar-refractivity contribution in [2.75, 3.05) is 7.11 Å². The molecule has 0 aliphatic carbocycles. The number of hydrogen-bond donors (Lipinski definition) is 1. The van der Waals surface area contributed by atoms with Crippen LogP contribution in [-0.4, -0.2) is 24.9 Å². The molecule has 0 aliphatic heterocycles. The normalized spacial score (nSPS) is 15.1. The zero-order valence-corrected chi connectivity index (χ0v) is 9.34. The molecule has 1 atom stereocenters. The average Bonchev–Trinajstić information content (AvgIpc) is 2.28. The van der Waals surface area contributed by atoms with E-state index < -0.39 is 17.8 Å². The van der Waals surface area contributed by atoms with Crippen LogP contribution in [0.25, 0.3) is 0 Å². The van der Waals surface area contributed by atoms with Gasteiger partial charge in [0.1, 0.15) is 0 Å². The van der Waals surface area contributed by atoms with E-state index in [0.717, 1.165) is 14.0 Å². The molecule has 0 saturated heterocycles. The van der Waals surface area contributed by atoms with Gasteiger partial charge >= 0.3 is 6.18 Å². The van der Waals surface area contributed by atoms with Gasteiger partial charge in [-0.3, -0.25) is 4.79 Å². The molecule has 3 nitrogen and oxygen atoms in total. The molecule has 94 valence electrons. The third kappa shape index (κ3) is 2.97. The number of ether oxygens (including phenoxy) is 1. The van der Waals surface area contributed by atoms with Crippen LogP contribution in [0, 0.1) is 0 Å². The second-order valence-electron chi connectivity index (χ2n) is 3.56.